The van der Waals surface area contributed by atoms with Crippen LogP contribution in [0, 0.1) is 6.92 Å². The number of thioether (sulfide) groups is 1. The second kappa shape index (κ2) is 5.19. The highest BCUT2D eigenvalue weighted by Gasteiger charge is 2.10. The van der Waals surface area contributed by atoms with Gasteiger partial charge >= 0.3 is 0 Å². The molecule has 0 saturated carbocycles. The van der Waals surface area contributed by atoms with E-state index >= 15 is 0 Å². The molecule has 4 heteroatoms. The monoisotopic (exact) mass is 246 g/mol. The highest BCUT2D eigenvalue weighted by Crippen LogP contribution is 2.19. The Morgan fingerprint density at radius 1 is 1.29 bits per heavy atom. The van der Waals surface area contributed by atoms with E-state index in [-0.39, 0.29) is 5.78 Å². The molecule has 0 amide bonds. The molecule has 1 aromatic heterocycles. The van der Waals surface area contributed by atoms with Crippen LogP contribution >= 0.6 is 11.8 Å². The first-order chi connectivity index (χ1) is 8.16. The summed E-state index contributed by atoms with van der Waals surface area (Å²) in [5.74, 6) is 0.554. The van der Waals surface area contributed by atoms with Gasteiger partial charge in [-0.15, -0.1) is 11.8 Å². The molecule has 0 spiro atoms. The van der Waals surface area contributed by atoms with Crippen LogP contribution in [0.5, 0.6) is 0 Å². The Balaban J connectivity index is 1.97. The van der Waals surface area contributed by atoms with Gasteiger partial charge in [0.2, 0.25) is 0 Å². The topological polar surface area (TPSA) is 34.9 Å². The van der Waals surface area contributed by atoms with Crippen molar-refractivity contribution in [3.05, 3.63) is 47.8 Å². The summed E-state index contributed by atoms with van der Waals surface area (Å²) in [4.78, 5) is 13.0. The number of hydrogen-bond acceptors (Lipinski definition) is 3. The number of carbonyl (C=O) groups is 1. The number of rotatable bonds is 4. The van der Waals surface area contributed by atoms with E-state index in [0.29, 0.717) is 11.4 Å². The SMILES string of the molecule is Cc1ccc(SCC(=O)c2ccnn2C)cc1. The van der Waals surface area contributed by atoms with E-state index in [1.807, 2.05) is 12.1 Å². The van der Waals surface area contributed by atoms with Crippen molar-refractivity contribution in [3.8, 4) is 0 Å². The fourth-order valence-corrected chi connectivity index (χ4v) is 2.28. The van der Waals surface area contributed by atoms with Crippen LogP contribution in [0.15, 0.2) is 41.4 Å². The van der Waals surface area contributed by atoms with Gasteiger partial charge in [-0.1, -0.05) is 17.7 Å². The summed E-state index contributed by atoms with van der Waals surface area (Å²) >= 11 is 1.55. The summed E-state index contributed by atoms with van der Waals surface area (Å²) in [5.41, 5.74) is 1.89. The van der Waals surface area contributed by atoms with Crippen molar-refractivity contribution in [2.24, 2.45) is 7.05 Å². The molecule has 3 nitrogen and oxygen atoms in total. The van der Waals surface area contributed by atoms with Crippen LogP contribution in [0.3, 0.4) is 0 Å². The summed E-state index contributed by atoms with van der Waals surface area (Å²) < 4.78 is 1.61. The zero-order valence-corrected chi connectivity index (χ0v) is 10.7. The molecule has 0 bridgehead atoms. The summed E-state index contributed by atoms with van der Waals surface area (Å²) in [5, 5.41) is 3.99. The van der Waals surface area contributed by atoms with Crippen LogP contribution in [-0.2, 0) is 7.05 Å². The lowest BCUT2D eigenvalue weighted by Crippen LogP contribution is -2.08. The molecule has 0 unspecified atom stereocenters. The zero-order valence-electron chi connectivity index (χ0n) is 9.88. The van der Waals surface area contributed by atoms with Gasteiger partial charge in [0.15, 0.2) is 5.78 Å². The van der Waals surface area contributed by atoms with E-state index in [2.05, 4.69) is 24.2 Å². The van der Waals surface area contributed by atoms with Gasteiger partial charge in [-0.25, -0.2) is 0 Å². The highest BCUT2D eigenvalue weighted by molar-refractivity contribution is 8.00. The molecule has 2 aromatic rings. The third-order valence-corrected chi connectivity index (χ3v) is 3.51. The largest absolute Gasteiger partial charge is 0.292 e. The summed E-state index contributed by atoms with van der Waals surface area (Å²) in [6, 6.07) is 9.93. The lowest BCUT2D eigenvalue weighted by molar-refractivity contribution is 0.101. The molecule has 1 heterocycles. The van der Waals surface area contributed by atoms with Crippen LogP contribution in [0.4, 0.5) is 0 Å². The van der Waals surface area contributed by atoms with Gasteiger partial charge in [-0.05, 0) is 25.1 Å². The number of aryl methyl sites for hydroxylation is 2. The van der Waals surface area contributed by atoms with Crippen molar-refractivity contribution in [2.75, 3.05) is 5.75 Å². The van der Waals surface area contributed by atoms with Gasteiger partial charge < -0.3 is 0 Å². The molecule has 0 aliphatic carbocycles. The third kappa shape index (κ3) is 2.97. The van der Waals surface area contributed by atoms with Crippen molar-refractivity contribution in [2.45, 2.75) is 11.8 Å². The first kappa shape index (κ1) is 11.9. The van der Waals surface area contributed by atoms with Crippen LogP contribution in [-0.4, -0.2) is 21.3 Å². The molecule has 2 rings (SSSR count). The normalized spacial score (nSPS) is 10.5. The van der Waals surface area contributed by atoms with Crippen molar-refractivity contribution < 1.29 is 4.79 Å². The molecule has 88 valence electrons. The average molecular weight is 246 g/mol. The lowest BCUT2D eigenvalue weighted by Gasteiger charge is -2.02. The number of nitrogens with zero attached hydrogens (tertiary/aromatic N) is 2. The quantitative estimate of drug-likeness (QED) is 0.614. The lowest BCUT2D eigenvalue weighted by atomic mass is 10.2. The predicted octanol–water partition coefficient (Wildman–Crippen LogP) is 2.70. The van der Waals surface area contributed by atoms with Crippen LogP contribution in [0.2, 0.25) is 0 Å². The molecule has 0 saturated heterocycles. The van der Waals surface area contributed by atoms with Gasteiger partial charge in [0.1, 0.15) is 5.69 Å². The summed E-state index contributed by atoms with van der Waals surface area (Å²) in [6.07, 6.45) is 1.64. The Hall–Kier alpha value is -1.55. The minimum Gasteiger partial charge on any atom is -0.292 e. The molecule has 0 fully saturated rings. The van der Waals surface area contributed by atoms with E-state index < -0.39 is 0 Å². The second-order valence-corrected chi connectivity index (χ2v) is 4.91. The van der Waals surface area contributed by atoms with Gasteiger partial charge in [0.05, 0.1) is 5.75 Å². The molecule has 17 heavy (non-hydrogen) atoms. The minimum absolute atomic E-state index is 0.107. The average Bonchev–Trinajstić information content (AvgIpc) is 2.74. The first-order valence-electron chi connectivity index (χ1n) is 5.37. The summed E-state index contributed by atoms with van der Waals surface area (Å²) in [7, 11) is 1.78. The van der Waals surface area contributed by atoms with Gasteiger partial charge in [-0.3, -0.25) is 9.48 Å². The third-order valence-electron chi connectivity index (χ3n) is 2.50. The van der Waals surface area contributed by atoms with Gasteiger partial charge in [0.25, 0.3) is 0 Å². The Morgan fingerprint density at radius 2 is 2.00 bits per heavy atom. The van der Waals surface area contributed by atoms with Crippen LogP contribution in [0.25, 0.3) is 0 Å². The molecule has 0 radical (unpaired) electrons. The molecule has 0 aliphatic heterocycles. The Morgan fingerprint density at radius 3 is 2.59 bits per heavy atom. The highest BCUT2D eigenvalue weighted by atomic mass is 32.2. The van der Waals surface area contributed by atoms with Crippen LogP contribution in [0.1, 0.15) is 16.1 Å². The zero-order chi connectivity index (χ0) is 12.3. The second-order valence-electron chi connectivity index (χ2n) is 3.86. The van der Waals surface area contributed by atoms with Crippen molar-refractivity contribution in [1.82, 2.24) is 9.78 Å². The Kier molecular flexibility index (Phi) is 3.64. The van der Waals surface area contributed by atoms with Crippen LogP contribution < -0.4 is 0 Å². The molecule has 1 aromatic carbocycles. The van der Waals surface area contributed by atoms with E-state index in [9.17, 15) is 4.79 Å². The fraction of sp³-hybridized carbons (Fsp3) is 0.231. The molecular formula is C13H14N2OS. The maximum atomic E-state index is 11.9. The number of hydrogen-bond donors (Lipinski definition) is 0. The standard InChI is InChI=1S/C13H14N2OS/c1-10-3-5-11(6-4-10)17-9-13(16)12-7-8-14-15(12)2/h3-8H,9H2,1-2H3. The smallest absolute Gasteiger partial charge is 0.191 e. The van der Waals surface area contributed by atoms with Crippen molar-refractivity contribution in [3.63, 3.8) is 0 Å². The Bertz CT molecular complexity index is 516. The van der Waals surface area contributed by atoms with E-state index in [1.54, 1.807) is 35.8 Å². The number of benzene rings is 1. The number of aromatic nitrogens is 2. The molecule has 0 N–H and O–H groups in total. The van der Waals surface area contributed by atoms with Crippen molar-refractivity contribution in [1.29, 1.82) is 0 Å². The van der Waals surface area contributed by atoms with E-state index in [1.165, 1.54) is 5.56 Å². The van der Waals surface area contributed by atoms with E-state index in [0.717, 1.165) is 4.90 Å². The first-order valence-corrected chi connectivity index (χ1v) is 6.36. The maximum Gasteiger partial charge on any atom is 0.191 e. The molecular weight excluding hydrogens is 232 g/mol. The van der Waals surface area contributed by atoms with Crippen molar-refractivity contribution >= 4 is 17.5 Å². The minimum atomic E-state index is 0.107. The molecule has 0 aliphatic rings. The Labute approximate surface area is 105 Å². The van der Waals surface area contributed by atoms with Gasteiger partial charge in [-0.2, -0.15) is 5.10 Å². The predicted molar refractivity (Wildman–Crippen MR) is 69.4 cm³/mol. The maximum absolute atomic E-state index is 11.9. The molecule has 0 atom stereocenters. The number of carbonyl (C=O) groups excluding carboxylic acids is 1. The number of Topliss-reactive ketones (excluding diaryl/α,β-unsaturated/α-hetero) is 1. The number of ketones is 1. The van der Waals surface area contributed by atoms with E-state index in [4.69, 9.17) is 0 Å². The van der Waals surface area contributed by atoms with Gasteiger partial charge in [0, 0.05) is 18.1 Å². The summed E-state index contributed by atoms with van der Waals surface area (Å²) in [6.45, 7) is 2.05. The fourth-order valence-electron chi connectivity index (χ4n) is 1.50.